The van der Waals surface area contributed by atoms with Gasteiger partial charge in [-0.3, -0.25) is 4.79 Å². The fourth-order valence-electron chi connectivity index (χ4n) is 1.97. The zero-order valence-electron chi connectivity index (χ0n) is 10.5. The van der Waals surface area contributed by atoms with E-state index in [9.17, 15) is 4.79 Å². The monoisotopic (exact) mass is 266 g/mol. The van der Waals surface area contributed by atoms with E-state index >= 15 is 0 Å². The number of carbonyl (C=O) groups excluding carboxylic acids is 1. The zero-order valence-corrected chi connectivity index (χ0v) is 10.5. The Kier molecular flexibility index (Phi) is 3.01. The van der Waals surface area contributed by atoms with E-state index in [0.29, 0.717) is 24.5 Å². The molecular formula is C14H10N4O2. The summed E-state index contributed by atoms with van der Waals surface area (Å²) in [5.41, 5.74) is 2.09. The molecule has 0 unspecified atom stereocenters. The van der Waals surface area contributed by atoms with Crippen molar-refractivity contribution in [3.05, 3.63) is 41.9 Å². The normalized spacial score (nSPS) is 13.1. The molecule has 98 valence electrons. The summed E-state index contributed by atoms with van der Waals surface area (Å²) in [5.74, 6) is 0.979. The topological polar surface area (TPSA) is 87.9 Å². The summed E-state index contributed by atoms with van der Waals surface area (Å²) in [5, 5.41) is 11.5. The van der Waals surface area contributed by atoms with Gasteiger partial charge in [0.1, 0.15) is 11.8 Å². The Morgan fingerprint density at radius 3 is 2.90 bits per heavy atom. The van der Waals surface area contributed by atoms with Gasteiger partial charge in [-0.1, -0.05) is 0 Å². The van der Waals surface area contributed by atoms with Crippen molar-refractivity contribution in [2.45, 2.75) is 12.8 Å². The first-order valence-electron chi connectivity index (χ1n) is 6.07. The minimum absolute atomic E-state index is 0.0316. The molecule has 1 amide bonds. The molecule has 1 N–H and O–H groups in total. The lowest BCUT2D eigenvalue weighted by Crippen LogP contribution is -2.18. The summed E-state index contributed by atoms with van der Waals surface area (Å²) in [6, 6.07) is 7.32. The molecule has 0 radical (unpaired) electrons. The SMILES string of the molecule is N#Cc1cnc(Oc2ccc3c(c2)CCC(=O)N3)cn1. The fourth-order valence-corrected chi connectivity index (χ4v) is 1.97. The van der Waals surface area contributed by atoms with Gasteiger partial charge in [-0.2, -0.15) is 5.26 Å². The molecule has 0 spiro atoms. The number of aryl methyl sites for hydroxylation is 1. The van der Waals surface area contributed by atoms with E-state index < -0.39 is 0 Å². The van der Waals surface area contributed by atoms with Gasteiger partial charge in [0.15, 0.2) is 5.69 Å². The number of nitrogens with zero attached hydrogens (tertiary/aromatic N) is 3. The molecule has 0 atom stereocenters. The molecule has 0 bridgehead atoms. The van der Waals surface area contributed by atoms with Gasteiger partial charge in [0.05, 0.1) is 12.4 Å². The van der Waals surface area contributed by atoms with Crippen LogP contribution in [-0.4, -0.2) is 15.9 Å². The second-order valence-electron chi connectivity index (χ2n) is 4.32. The number of benzene rings is 1. The van der Waals surface area contributed by atoms with E-state index in [1.165, 1.54) is 12.4 Å². The maximum atomic E-state index is 11.3. The minimum Gasteiger partial charge on any atom is -0.437 e. The highest BCUT2D eigenvalue weighted by atomic mass is 16.5. The van der Waals surface area contributed by atoms with Crippen LogP contribution in [0.3, 0.4) is 0 Å². The van der Waals surface area contributed by atoms with Crippen molar-refractivity contribution < 1.29 is 9.53 Å². The maximum Gasteiger partial charge on any atom is 0.237 e. The highest BCUT2D eigenvalue weighted by Crippen LogP contribution is 2.28. The number of hydrogen-bond donors (Lipinski definition) is 1. The molecule has 2 heterocycles. The molecule has 0 saturated carbocycles. The first kappa shape index (κ1) is 12.1. The molecule has 1 aliphatic heterocycles. The Morgan fingerprint density at radius 1 is 1.25 bits per heavy atom. The van der Waals surface area contributed by atoms with Crippen molar-refractivity contribution in [1.82, 2.24) is 9.97 Å². The van der Waals surface area contributed by atoms with Gasteiger partial charge in [0.25, 0.3) is 0 Å². The van der Waals surface area contributed by atoms with Crippen LogP contribution in [-0.2, 0) is 11.2 Å². The Balaban J connectivity index is 1.81. The summed E-state index contributed by atoms with van der Waals surface area (Å²) < 4.78 is 5.58. The third kappa shape index (κ3) is 2.42. The zero-order chi connectivity index (χ0) is 13.9. The van der Waals surface area contributed by atoms with Crippen LogP contribution in [0.25, 0.3) is 0 Å². The van der Waals surface area contributed by atoms with Crippen LogP contribution in [0.4, 0.5) is 5.69 Å². The second kappa shape index (κ2) is 4.97. The molecule has 1 aromatic heterocycles. The van der Waals surface area contributed by atoms with E-state index in [0.717, 1.165) is 11.3 Å². The van der Waals surface area contributed by atoms with E-state index in [1.807, 2.05) is 12.1 Å². The molecule has 20 heavy (non-hydrogen) atoms. The third-order valence-electron chi connectivity index (χ3n) is 2.94. The smallest absolute Gasteiger partial charge is 0.237 e. The van der Waals surface area contributed by atoms with E-state index in [-0.39, 0.29) is 11.6 Å². The van der Waals surface area contributed by atoms with Gasteiger partial charge in [-0.05, 0) is 30.2 Å². The van der Waals surface area contributed by atoms with Crippen LogP contribution >= 0.6 is 0 Å². The van der Waals surface area contributed by atoms with Gasteiger partial charge in [0.2, 0.25) is 11.8 Å². The van der Waals surface area contributed by atoms with Gasteiger partial charge in [-0.15, -0.1) is 0 Å². The lowest BCUT2D eigenvalue weighted by molar-refractivity contribution is -0.116. The molecule has 0 saturated heterocycles. The highest BCUT2D eigenvalue weighted by molar-refractivity contribution is 5.94. The van der Waals surface area contributed by atoms with Crippen molar-refractivity contribution in [3.63, 3.8) is 0 Å². The quantitative estimate of drug-likeness (QED) is 0.898. The number of nitrogens with one attached hydrogen (secondary N) is 1. The number of hydrogen-bond acceptors (Lipinski definition) is 5. The summed E-state index contributed by atoms with van der Waals surface area (Å²) in [6.07, 6.45) is 3.93. The van der Waals surface area contributed by atoms with Gasteiger partial charge in [0, 0.05) is 12.1 Å². The fraction of sp³-hybridized carbons (Fsp3) is 0.143. The molecule has 0 aliphatic carbocycles. The lowest BCUT2D eigenvalue weighted by atomic mass is 10.0. The van der Waals surface area contributed by atoms with Crippen LogP contribution in [0.2, 0.25) is 0 Å². The summed E-state index contributed by atoms with van der Waals surface area (Å²) in [4.78, 5) is 19.2. The highest BCUT2D eigenvalue weighted by Gasteiger charge is 2.15. The Hall–Kier alpha value is -2.94. The number of amides is 1. The van der Waals surface area contributed by atoms with Gasteiger partial charge >= 0.3 is 0 Å². The van der Waals surface area contributed by atoms with Crippen LogP contribution < -0.4 is 10.1 Å². The summed E-state index contributed by atoms with van der Waals surface area (Å²) in [6.45, 7) is 0. The number of ether oxygens (including phenoxy) is 1. The van der Waals surface area contributed by atoms with Crippen molar-refractivity contribution in [1.29, 1.82) is 5.26 Å². The average Bonchev–Trinajstić information content (AvgIpc) is 2.48. The van der Waals surface area contributed by atoms with Crippen LogP contribution in [0.5, 0.6) is 11.6 Å². The molecular weight excluding hydrogens is 256 g/mol. The molecule has 6 nitrogen and oxygen atoms in total. The molecule has 0 fully saturated rings. The predicted octanol–water partition coefficient (Wildman–Crippen LogP) is 2.03. The van der Waals surface area contributed by atoms with Crippen molar-refractivity contribution in [2.75, 3.05) is 5.32 Å². The minimum atomic E-state index is 0.0316. The number of rotatable bonds is 2. The first-order valence-corrected chi connectivity index (χ1v) is 6.07. The number of fused-ring (bicyclic) bond motifs is 1. The summed E-state index contributed by atoms with van der Waals surface area (Å²) in [7, 11) is 0. The third-order valence-corrected chi connectivity index (χ3v) is 2.94. The van der Waals surface area contributed by atoms with Gasteiger partial charge in [-0.25, -0.2) is 9.97 Å². The van der Waals surface area contributed by atoms with E-state index in [2.05, 4.69) is 15.3 Å². The predicted molar refractivity (Wildman–Crippen MR) is 70.2 cm³/mol. The standard InChI is InChI=1S/C14H10N4O2/c15-6-10-7-17-14(8-16-10)20-11-2-3-12-9(5-11)1-4-13(19)18-12/h2-3,5,7-8H,1,4H2,(H,18,19). The van der Waals surface area contributed by atoms with E-state index in [1.54, 1.807) is 12.1 Å². The van der Waals surface area contributed by atoms with Crippen molar-refractivity contribution in [2.24, 2.45) is 0 Å². The second-order valence-corrected chi connectivity index (χ2v) is 4.32. The Bertz CT molecular complexity index is 704. The van der Waals surface area contributed by atoms with Crippen molar-refractivity contribution >= 4 is 11.6 Å². The maximum absolute atomic E-state index is 11.3. The van der Waals surface area contributed by atoms with Crippen molar-refractivity contribution in [3.8, 4) is 17.7 Å². The average molecular weight is 266 g/mol. The first-order chi connectivity index (χ1) is 9.74. The summed E-state index contributed by atoms with van der Waals surface area (Å²) >= 11 is 0. The molecule has 2 aromatic rings. The largest absolute Gasteiger partial charge is 0.437 e. The molecule has 1 aromatic carbocycles. The van der Waals surface area contributed by atoms with E-state index in [4.69, 9.17) is 10.00 Å². The number of aromatic nitrogens is 2. The molecule has 3 rings (SSSR count). The lowest BCUT2D eigenvalue weighted by Gasteiger charge is -2.17. The number of carbonyl (C=O) groups is 1. The number of anilines is 1. The van der Waals surface area contributed by atoms with Crippen LogP contribution in [0, 0.1) is 11.3 Å². The number of nitriles is 1. The Morgan fingerprint density at radius 2 is 2.15 bits per heavy atom. The molecule has 1 aliphatic rings. The van der Waals surface area contributed by atoms with Crippen LogP contribution in [0.1, 0.15) is 17.7 Å². The van der Waals surface area contributed by atoms with Gasteiger partial charge < -0.3 is 10.1 Å². The van der Waals surface area contributed by atoms with Crippen LogP contribution in [0.15, 0.2) is 30.6 Å². The Labute approximate surface area is 115 Å². The molecule has 6 heteroatoms.